The minimum absolute atomic E-state index is 0.0257. The van der Waals surface area contributed by atoms with Gasteiger partial charge in [-0.2, -0.15) is 9.38 Å². The third-order valence-corrected chi connectivity index (χ3v) is 7.34. The maximum absolute atomic E-state index is 4.98. The quantitative estimate of drug-likeness (QED) is 0.404. The van der Waals surface area contributed by atoms with Gasteiger partial charge in [0.1, 0.15) is 17.9 Å². The average molecular weight is 355 g/mol. The fraction of sp³-hybridized carbons (Fsp3) is 0.304. The van der Waals surface area contributed by atoms with Crippen LogP contribution in [0.15, 0.2) is 54.9 Å². The third-order valence-electron chi connectivity index (χ3n) is 7.34. The van der Waals surface area contributed by atoms with Crippen molar-refractivity contribution in [2.75, 3.05) is 0 Å². The van der Waals surface area contributed by atoms with Crippen molar-refractivity contribution in [1.29, 1.82) is 0 Å². The van der Waals surface area contributed by atoms with E-state index in [2.05, 4.69) is 95.9 Å². The predicted molar refractivity (Wildman–Crippen MR) is 108 cm³/mol. The van der Waals surface area contributed by atoms with E-state index in [4.69, 9.17) is 4.98 Å². The Bertz CT molecular complexity index is 1400. The number of nitrogens with zero attached hydrogens (tertiary/aromatic N) is 4. The summed E-state index contributed by atoms with van der Waals surface area (Å²) in [5.41, 5.74) is 6.16. The smallest absolute Gasteiger partial charge is 0.258 e. The molecule has 5 aromatic rings. The van der Waals surface area contributed by atoms with Crippen molar-refractivity contribution >= 4 is 33.4 Å². The molecule has 6 rings (SSSR count). The van der Waals surface area contributed by atoms with Crippen LogP contribution in [0.3, 0.4) is 0 Å². The van der Waals surface area contributed by atoms with Crippen molar-refractivity contribution in [2.24, 2.45) is 0 Å². The van der Waals surface area contributed by atoms with Gasteiger partial charge in [0.25, 0.3) is 5.65 Å². The van der Waals surface area contributed by atoms with Crippen LogP contribution in [-0.4, -0.2) is 13.8 Å². The number of hydrogen-bond donors (Lipinski definition) is 0. The van der Waals surface area contributed by atoms with Crippen molar-refractivity contribution < 1.29 is 4.57 Å². The van der Waals surface area contributed by atoms with Gasteiger partial charge in [-0.25, -0.2) is 4.57 Å². The lowest BCUT2D eigenvalue weighted by Crippen LogP contribution is -2.64. The fourth-order valence-corrected chi connectivity index (χ4v) is 5.30. The molecule has 1 aliphatic heterocycles. The van der Waals surface area contributed by atoms with Gasteiger partial charge in [-0.3, -0.25) is 4.40 Å². The normalized spacial score (nSPS) is 21.2. The fourth-order valence-electron chi connectivity index (χ4n) is 5.30. The number of aromatic nitrogens is 4. The predicted octanol–water partition coefficient (Wildman–Crippen LogP) is 4.60. The van der Waals surface area contributed by atoms with E-state index in [0.29, 0.717) is 0 Å². The molecular weight excluding hydrogens is 332 g/mol. The molecule has 0 radical (unpaired) electrons. The zero-order valence-electron chi connectivity index (χ0n) is 16.2. The summed E-state index contributed by atoms with van der Waals surface area (Å²) < 4.78 is 7.05. The van der Waals surface area contributed by atoms with Crippen LogP contribution in [0.4, 0.5) is 0 Å². The van der Waals surface area contributed by atoms with E-state index in [1.807, 2.05) is 0 Å². The number of imidazole rings is 2. The highest BCUT2D eigenvalue weighted by Crippen LogP contribution is 2.47. The minimum atomic E-state index is -0.0257. The lowest BCUT2D eigenvalue weighted by atomic mass is 9.64. The molecule has 1 atom stereocenters. The van der Waals surface area contributed by atoms with Crippen LogP contribution < -0.4 is 4.57 Å². The van der Waals surface area contributed by atoms with E-state index >= 15 is 0 Å². The van der Waals surface area contributed by atoms with Crippen molar-refractivity contribution in [3.63, 3.8) is 0 Å². The van der Waals surface area contributed by atoms with E-state index in [9.17, 15) is 0 Å². The molecule has 0 fully saturated rings. The number of benzene rings is 2. The Kier molecular flexibility index (Phi) is 2.54. The van der Waals surface area contributed by atoms with Crippen molar-refractivity contribution in [1.82, 2.24) is 13.8 Å². The topological polar surface area (TPSA) is 25.6 Å². The summed E-state index contributed by atoms with van der Waals surface area (Å²) in [4.78, 5) is 4.98. The number of para-hydroxylation sites is 2. The van der Waals surface area contributed by atoms with E-state index in [-0.39, 0.29) is 11.0 Å². The van der Waals surface area contributed by atoms with Crippen molar-refractivity contribution in [3.05, 3.63) is 60.4 Å². The lowest BCUT2D eigenvalue weighted by Gasteiger charge is -2.44. The van der Waals surface area contributed by atoms with Gasteiger partial charge in [-0.05, 0) is 44.0 Å². The van der Waals surface area contributed by atoms with Gasteiger partial charge in [0.15, 0.2) is 0 Å². The van der Waals surface area contributed by atoms with Gasteiger partial charge in [0.2, 0.25) is 0 Å². The van der Waals surface area contributed by atoms with E-state index in [0.717, 1.165) is 23.2 Å². The zero-order valence-corrected chi connectivity index (χ0v) is 16.2. The van der Waals surface area contributed by atoms with Crippen molar-refractivity contribution in [2.45, 2.75) is 45.1 Å². The first-order chi connectivity index (χ1) is 13.0. The maximum atomic E-state index is 4.98. The van der Waals surface area contributed by atoms with Gasteiger partial charge < -0.3 is 0 Å². The molecular formula is C23H23N4+. The van der Waals surface area contributed by atoms with E-state index in [1.54, 1.807) is 0 Å². The molecule has 0 saturated carbocycles. The summed E-state index contributed by atoms with van der Waals surface area (Å²) in [6.45, 7) is 9.46. The van der Waals surface area contributed by atoms with Gasteiger partial charge in [-0.1, -0.05) is 38.1 Å². The largest absolute Gasteiger partial charge is 0.312 e. The molecule has 4 heterocycles. The van der Waals surface area contributed by atoms with Gasteiger partial charge in [-0.15, -0.1) is 0 Å². The zero-order chi connectivity index (χ0) is 18.6. The van der Waals surface area contributed by atoms with Gasteiger partial charge >= 0.3 is 5.78 Å². The highest BCUT2D eigenvalue weighted by Gasteiger charge is 2.52. The Morgan fingerprint density at radius 2 is 1.78 bits per heavy atom. The molecule has 4 heteroatoms. The second-order valence-electron chi connectivity index (χ2n) is 8.54. The first-order valence-corrected chi connectivity index (χ1v) is 9.74. The average Bonchev–Trinajstić information content (AvgIpc) is 3.28. The molecule has 4 nitrogen and oxygen atoms in total. The first-order valence-electron chi connectivity index (χ1n) is 9.74. The Balaban J connectivity index is 2.01. The number of fused-ring (bicyclic) bond motifs is 5. The summed E-state index contributed by atoms with van der Waals surface area (Å²) in [6.07, 6.45) is 5.50. The maximum Gasteiger partial charge on any atom is 0.312 e. The molecule has 3 aromatic heterocycles. The summed E-state index contributed by atoms with van der Waals surface area (Å²) in [6, 6.07) is 15.2. The van der Waals surface area contributed by atoms with Crippen LogP contribution in [0, 0.1) is 0 Å². The highest BCUT2D eigenvalue weighted by atomic mass is 15.2. The Labute approximate surface area is 157 Å². The highest BCUT2D eigenvalue weighted by molar-refractivity contribution is 5.99. The molecule has 0 spiro atoms. The monoisotopic (exact) mass is 355 g/mol. The summed E-state index contributed by atoms with van der Waals surface area (Å²) in [5, 5.41) is 1.35. The molecule has 0 aliphatic carbocycles. The van der Waals surface area contributed by atoms with Crippen LogP contribution in [-0.2, 0) is 11.0 Å². The Hall–Kier alpha value is -2.88. The molecule has 0 amide bonds. The van der Waals surface area contributed by atoms with Crippen LogP contribution >= 0.6 is 0 Å². The van der Waals surface area contributed by atoms with Crippen LogP contribution in [0.2, 0.25) is 0 Å². The standard InChI is InChI=1S/C23H23N4/c1-5-23(4)15-9-8-12-18-19(15)20-25(13-14-26(20)22(23,2)3)21-24-16-10-6-7-11-17(16)27(18)21/h6-14H,5H2,1-4H3/q+1. The Morgan fingerprint density at radius 1 is 1.00 bits per heavy atom. The summed E-state index contributed by atoms with van der Waals surface area (Å²) in [7, 11) is 0. The van der Waals surface area contributed by atoms with Crippen LogP contribution in [0.25, 0.3) is 33.4 Å². The summed E-state index contributed by atoms with van der Waals surface area (Å²) in [5.74, 6) is 0.977. The van der Waals surface area contributed by atoms with Crippen LogP contribution in [0.1, 0.15) is 39.7 Å². The molecule has 0 saturated heterocycles. The first kappa shape index (κ1) is 15.2. The number of rotatable bonds is 1. The molecule has 2 aromatic carbocycles. The molecule has 0 N–H and O–H groups in total. The SMILES string of the molecule is CCC1(C)c2cccc3c2c2n(cc[n+]2C1(C)C)c1nc2ccccc2n31. The molecule has 1 unspecified atom stereocenters. The van der Waals surface area contributed by atoms with Crippen molar-refractivity contribution in [3.8, 4) is 0 Å². The molecule has 134 valence electrons. The molecule has 1 aliphatic rings. The summed E-state index contributed by atoms with van der Waals surface area (Å²) >= 11 is 0. The van der Waals surface area contributed by atoms with Crippen LogP contribution in [0.5, 0.6) is 0 Å². The van der Waals surface area contributed by atoms with E-state index in [1.165, 1.54) is 22.1 Å². The van der Waals surface area contributed by atoms with Gasteiger partial charge in [0.05, 0.1) is 21.9 Å². The van der Waals surface area contributed by atoms with E-state index < -0.39 is 0 Å². The lowest BCUT2D eigenvalue weighted by molar-refractivity contribution is -0.745. The minimum Gasteiger partial charge on any atom is -0.258 e. The second kappa shape index (κ2) is 4.50. The van der Waals surface area contributed by atoms with Gasteiger partial charge in [0, 0.05) is 5.41 Å². The second-order valence-corrected chi connectivity index (χ2v) is 8.54. The molecule has 27 heavy (non-hydrogen) atoms. The third kappa shape index (κ3) is 1.49. The number of hydrogen-bond acceptors (Lipinski definition) is 1. The molecule has 0 bridgehead atoms. The Morgan fingerprint density at radius 3 is 2.59 bits per heavy atom.